The lowest BCUT2D eigenvalue weighted by Gasteiger charge is -2.24. The molecule has 1 unspecified atom stereocenters. The Hall–Kier alpha value is -1.71. The van der Waals surface area contributed by atoms with E-state index in [1.54, 1.807) is 14.0 Å². The Morgan fingerprint density at radius 3 is 2.58 bits per heavy atom. The van der Waals surface area contributed by atoms with E-state index >= 15 is 0 Å². The van der Waals surface area contributed by atoms with Crippen LogP contribution in [0.1, 0.15) is 24.5 Å². The molecular weight excluding hydrogens is 242 g/mol. The summed E-state index contributed by atoms with van der Waals surface area (Å²) < 4.78 is 5.45. The Bertz CT molecular complexity index is 457. The third-order valence-electron chi connectivity index (χ3n) is 3.33. The molecule has 0 saturated heterocycles. The highest BCUT2D eigenvalue weighted by Gasteiger charge is 2.15. The van der Waals surface area contributed by atoms with Gasteiger partial charge < -0.3 is 14.7 Å². The van der Waals surface area contributed by atoms with Gasteiger partial charge in [-0.2, -0.15) is 0 Å². The van der Waals surface area contributed by atoms with Crippen LogP contribution in [0.3, 0.4) is 0 Å². The molecule has 1 atom stereocenters. The first kappa shape index (κ1) is 15.3. The second-order valence-electron chi connectivity index (χ2n) is 5.08. The number of rotatable bonds is 6. The summed E-state index contributed by atoms with van der Waals surface area (Å²) in [7, 11) is 3.63. The number of ether oxygens (including phenoxy) is 1. The first-order valence-corrected chi connectivity index (χ1v) is 6.46. The molecule has 1 aromatic rings. The SMILES string of the molecule is COc1c(C)cc(C)cc1N(C)CCC(C)C(=O)O. The lowest BCUT2D eigenvalue weighted by Crippen LogP contribution is -2.23. The normalized spacial score (nSPS) is 12.1. The molecule has 106 valence electrons. The van der Waals surface area contributed by atoms with E-state index in [0.29, 0.717) is 13.0 Å². The van der Waals surface area contributed by atoms with Crippen LogP contribution in [0, 0.1) is 19.8 Å². The van der Waals surface area contributed by atoms with E-state index in [1.165, 1.54) is 5.56 Å². The van der Waals surface area contributed by atoms with Crippen molar-refractivity contribution in [3.8, 4) is 5.75 Å². The Kier molecular flexibility index (Phi) is 5.21. The highest BCUT2D eigenvalue weighted by molar-refractivity contribution is 5.69. The van der Waals surface area contributed by atoms with Gasteiger partial charge in [-0.15, -0.1) is 0 Å². The average Bonchev–Trinajstić information content (AvgIpc) is 2.34. The van der Waals surface area contributed by atoms with Crippen LogP contribution in [0.2, 0.25) is 0 Å². The minimum absolute atomic E-state index is 0.334. The lowest BCUT2D eigenvalue weighted by atomic mass is 10.1. The van der Waals surface area contributed by atoms with Crippen molar-refractivity contribution >= 4 is 11.7 Å². The number of carboxylic acids is 1. The zero-order chi connectivity index (χ0) is 14.6. The molecule has 0 saturated carbocycles. The molecule has 4 heteroatoms. The van der Waals surface area contributed by atoms with Crippen LogP contribution in [0.15, 0.2) is 12.1 Å². The predicted octanol–water partition coefficient (Wildman–Crippen LogP) is 2.86. The van der Waals surface area contributed by atoms with Crippen molar-refractivity contribution in [3.05, 3.63) is 23.3 Å². The van der Waals surface area contributed by atoms with Gasteiger partial charge in [-0.3, -0.25) is 4.79 Å². The summed E-state index contributed by atoms with van der Waals surface area (Å²) in [5.74, 6) is -0.226. The van der Waals surface area contributed by atoms with E-state index in [0.717, 1.165) is 17.0 Å². The number of carbonyl (C=O) groups is 1. The number of hydrogen-bond donors (Lipinski definition) is 1. The molecule has 0 spiro atoms. The highest BCUT2D eigenvalue weighted by atomic mass is 16.5. The Morgan fingerprint density at radius 2 is 2.05 bits per heavy atom. The molecule has 1 N–H and O–H groups in total. The Morgan fingerprint density at radius 1 is 1.42 bits per heavy atom. The second kappa shape index (κ2) is 6.45. The van der Waals surface area contributed by atoms with Crippen LogP contribution in [-0.4, -0.2) is 31.8 Å². The third kappa shape index (κ3) is 3.88. The fraction of sp³-hybridized carbons (Fsp3) is 0.533. The van der Waals surface area contributed by atoms with Crippen LogP contribution in [0.25, 0.3) is 0 Å². The standard InChI is InChI=1S/C15H23NO3/c1-10-8-12(3)14(19-5)13(9-10)16(4)7-6-11(2)15(17)18/h8-9,11H,6-7H2,1-5H3,(H,17,18). The summed E-state index contributed by atoms with van der Waals surface area (Å²) in [5.41, 5.74) is 3.28. The predicted molar refractivity (Wildman–Crippen MR) is 77.2 cm³/mol. The van der Waals surface area contributed by atoms with Crippen molar-refractivity contribution in [2.75, 3.05) is 25.6 Å². The molecule has 0 radical (unpaired) electrons. The fourth-order valence-corrected chi connectivity index (χ4v) is 2.11. The molecular formula is C15H23NO3. The largest absolute Gasteiger partial charge is 0.494 e. The van der Waals surface area contributed by atoms with Gasteiger partial charge >= 0.3 is 5.97 Å². The minimum Gasteiger partial charge on any atom is -0.494 e. The maximum absolute atomic E-state index is 10.8. The maximum atomic E-state index is 10.8. The van der Waals surface area contributed by atoms with E-state index in [-0.39, 0.29) is 5.92 Å². The number of nitrogens with zero attached hydrogens (tertiary/aromatic N) is 1. The van der Waals surface area contributed by atoms with E-state index in [4.69, 9.17) is 9.84 Å². The first-order valence-electron chi connectivity index (χ1n) is 6.46. The molecule has 0 aliphatic carbocycles. The molecule has 1 aromatic carbocycles. The minimum atomic E-state index is -0.749. The average molecular weight is 265 g/mol. The molecule has 0 bridgehead atoms. The number of benzene rings is 1. The number of hydrogen-bond acceptors (Lipinski definition) is 3. The summed E-state index contributed by atoms with van der Waals surface area (Å²) in [6.45, 7) is 6.48. The van der Waals surface area contributed by atoms with Crippen molar-refractivity contribution in [2.24, 2.45) is 5.92 Å². The topological polar surface area (TPSA) is 49.8 Å². The van der Waals surface area contributed by atoms with E-state index in [9.17, 15) is 4.79 Å². The molecule has 0 aliphatic rings. The molecule has 1 rings (SSSR count). The first-order chi connectivity index (χ1) is 8.86. The second-order valence-corrected chi connectivity index (χ2v) is 5.08. The Balaban J connectivity index is 2.87. The van der Waals surface area contributed by atoms with Crippen molar-refractivity contribution < 1.29 is 14.6 Å². The van der Waals surface area contributed by atoms with Crippen LogP contribution >= 0.6 is 0 Å². The lowest BCUT2D eigenvalue weighted by molar-refractivity contribution is -0.141. The summed E-state index contributed by atoms with van der Waals surface area (Å²) >= 11 is 0. The van der Waals surface area contributed by atoms with Gasteiger partial charge in [0, 0.05) is 13.6 Å². The maximum Gasteiger partial charge on any atom is 0.306 e. The fourth-order valence-electron chi connectivity index (χ4n) is 2.11. The number of aryl methyl sites for hydroxylation is 2. The van der Waals surface area contributed by atoms with E-state index in [1.807, 2.05) is 20.9 Å². The van der Waals surface area contributed by atoms with Gasteiger partial charge in [0.1, 0.15) is 5.75 Å². The van der Waals surface area contributed by atoms with E-state index < -0.39 is 5.97 Å². The zero-order valence-corrected chi connectivity index (χ0v) is 12.4. The van der Waals surface area contributed by atoms with Crippen molar-refractivity contribution in [3.63, 3.8) is 0 Å². The molecule has 4 nitrogen and oxygen atoms in total. The van der Waals surface area contributed by atoms with Gasteiger partial charge in [-0.1, -0.05) is 13.0 Å². The van der Waals surface area contributed by atoms with Crippen molar-refractivity contribution in [1.82, 2.24) is 0 Å². The number of methoxy groups -OCH3 is 1. The van der Waals surface area contributed by atoms with Gasteiger partial charge in [0.2, 0.25) is 0 Å². The molecule has 19 heavy (non-hydrogen) atoms. The van der Waals surface area contributed by atoms with E-state index in [2.05, 4.69) is 17.0 Å². The monoisotopic (exact) mass is 265 g/mol. The third-order valence-corrected chi connectivity index (χ3v) is 3.33. The highest BCUT2D eigenvalue weighted by Crippen LogP contribution is 2.32. The van der Waals surface area contributed by atoms with Crippen molar-refractivity contribution in [2.45, 2.75) is 27.2 Å². The summed E-state index contributed by atoms with van der Waals surface area (Å²) in [4.78, 5) is 12.9. The van der Waals surface area contributed by atoms with Crippen LogP contribution < -0.4 is 9.64 Å². The molecule has 0 heterocycles. The van der Waals surface area contributed by atoms with Crippen LogP contribution in [0.4, 0.5) is 5.69 Å². The summed E-state index contributed by atoms with van der Waals surface area (Å²) in [6, 6.07) is 4.15. The number of aliphatic carboxylic acids is 1. The summed E-state index contributed by atoms with van der Waals surface area (Å²) in [5, 5.41) is 8.91. The zero-order valence-electron chi connectivity index (χ0n) is 12.4. The number of carboxylic acid groups (broad SMARTS) is 1. The smallest absolute Gasteiger partial charge is 0.306 e. The van der Waals surface area contributed by atoms with Gasteiger partial charge in [-0.05, 0) is 37.5 Å². The quantitative estimate of drug-likeness (QED) is 0.859. The van der Waals surface area contributed by atoms with Gasteiger partial charge in [-0.25, -0.2) is 0 Å². The van der Waals surface area contributed by atoms with Gasteiger partial charge in [0.25, 0.3) is 0 Å². The Labute approximate surface area is 115 Å². The number of anilines is 1. The van der Waals surface area contributed by atoms with Crippen LogP contribution in [0.5, 0.6) is 5.75 Å². The molecule has 0 aromatic heterocycles. The molecule has 0 amide bonds. The summed E-state index contributed by atoms with van der Waals surface area (Å²) in [6.07, 6.45) is 0.613. The molecule has 0 fully saturated rings. The van der Waals surface area contributed by atoms with Crippen LogP contribution in [-0.2, 0) is 4.79 Å². The van der Waals surface area contributed by atoms with Gasteiger partial charge in [0.05, 0.1) is 18.7 Å². The van der Waals surface area contributed by atoms with Crippen molar-refractivity contribution in [1.29, 1.82) is 0 Å². The van der Waals surface area contributed by atoms with Gasteiger partial charge in [0.15, 0.2) is 0 Å². The molecule has 0 aliphatic heterocycles.